The number of hydrogen-bond acceptors (Lipinski definition) is 6. The van der Waals surface area contributed by atoms with Gasteiger partial charge in [-0.15, -0.1) is 11.8 Å². The maximum Gasteiger partial charge on any atom is 0.318 e. The SMILES string of the molecule is COC(=O)C(C)Sc1ccccc1C(=O)N1CCN(S(=O)(=O)c2ccc3c(c2)CCC3)CC1. The van der Waals surface area contributed by atoms with Crippen LogP contribution in [0.5, 0.6) is 0 Å². The number of rotatable bonds is 6. The molecule has 2 aromatic carbocycles. The Kier molecular flexibility index (Phi) is 7.11. The third-order valence-corrected chi connectivity index (χ3v) is 9.24. The smallest absolute Gasteiger partial charge is 0.318 e. The fraction of sp³-hybridized carbons (Fsp3) is 0.417. The average molecular weight is 489 g/mol. The van der Waals surface area contributed by atoms with E-state index >= 15 is 0 Å². The molecule has 1 heterocycles. The molecule has 33 heavy (non-hydrogen) atoms. The first-order valence-corrected chi connectivity index (χ1v) is 13.4. The van der Waals surface area contributed by atoms with E-state index in [4.69, 9.17) is 4.74 Å². The minimum atomic E-state index is -3.59. The van der Waals surface area contributed by atoms with Gasteiger partial charge >= 0.3 is 5.97 Å². The van der Waals surface area contributed by atoms with Crippen molar-refractivity contribution in [1.29, 1.82) is 0 Å². The Hall–Kier alpha value is -2.36. The molecule has 0 radical (unpaired) electrons. The Morgan fingerprint density at radius 2 is 1.70 bits per heavy atom. The van der Waals surface area contributed by atoms with Crippen LogP contribution in [-0.4, -0.2) is 68.0 Å². The van der Waals surface area contributed by atoms with Crippen LogP contribution in [0.25, 0.3) is 0 Å². The third-order valence-electron chi connectivity index (χ3n) is 6.19. The molecule has 2 aromatic rings. The van der Waals surface area contributed by atoms with Gasteiger partial charge in [0.1, 0.15) is 5.25 Å². The highest BCUT2D eigenvalue weighted by atomic mass is 32.2. The van der Waals surface area contributed by atoms with Gasteiger partial charge in [0.15, 0.2) is 0 Å². The van der Waals surface area contributed by atoms with Crippen molar-refractivity contribution in [1.82, 2.24) is 9.21 Å². The first-order chi connectivity index (χ1) is 15.8. The summed E-state index contributed by atoms with van der Waals surface area (Å²) >= 11 is 1.28. The monoisotopic (exact) mass is 488 g/mol. The quantitative estimate of drug-likeness (QED) is 0.459. The largest absolute Gasteiger partial charge is 0.468 e. The molecule has 1 unspecified atom stereocenters. The van der Waals surface area contributed by atoms with Gasteiger partial charge in [0, 0.05) is 31.1 Å². The second-order valence-electron chi connectivity index (χ2n) is 8.26. The Morgan fingerprint density at radius 1 is 1.00 bits per heavy atom. The van der Waals surface area contributed by atoms with Crippen molar-refractivity contribution in [2.75, 3.05) is 33.3 Å². The summed E-state index contributed by atoms with van der Waals surface area (Å²) in [5.74, 6) is -0.516. The zero-order valence-corrected chi connectivity index (χ0v) is 20.5. The number of nitrogens with zero attached hydrogens (tertiary/aromatic N) is 2. The Morgan fingerprint density at radius 3 is 2.42 bits per heavy atom. The zero-order chi connectivity index (χ0) is 23.6. The molecule has 1 fully saturated rings. The van der Waals surface area contributed by atoms with Crippen LogP contribution in [0.3, 0.4) is 0 Å². The number of benzene rings is 2. The number of ether oxygens (including phenoxy) is 1. The van der Waals surface area contributed by atoms with E-state index in [1.165, 1.54) is 28.7 Å². The van der Waals surface area contributed by atoms with Gasteiger partial charge in [-0.1, -0.05) is 18.2 Å². The lowest BCUT2D eigenvalue weighted by atomic mass is 10.1. The van der Waals surface area contributed by atoms with Crippen LogP contribution < -0.4 is 0 Å². The number of thioether (sulfide) groups is 1. The second-order valence-corrected chi connectivity index (χ2v) is 11.6. The number of fused-ring (bicyclic) bond motifs is 1. The lowest BCUT2D eigenvalue weighted by Crippen LogP contribution is -2.50. The van der Waals surface area contributed by atoms with Crippen molar-refractivity contribution >= 4 is 33.7 Å². The van der Waals surface area contributed by atoms with E-state index in [2.05, 4.69) is 0 Å². The summed E-state index contributed by atoms with van der Waals surface area (Å²) in [6.07, 6.45) is 3.00. The van der Waals surface area contributed by atoms with Crippen molar-refractivity contribution in [3.8, 4) is 0 Å². The molecule has 7 nitrogen and oxygen atoms in total. The highest BCUT2D eigenvalue weighted by molar-refractivity contribution is 8.00. The lowest BCUT2D eigenvalue weighted by molar-refractivity contribution is -0.139. The summed E-state index contributed by atoms with van der Waals surface area (Å²) in [6, 6.07) is 12.6. The van der Waals surface area contributed by atoms with Crippen LogP contribution in [-0.2, 0) is 32.4 Å². The standard InChI is InChI=1S/C24H28N2O5S2/c1-17(24(28)31-2)32-22-9-4-3-8-21(22)23(27)25-12-14-26(15-13-25)33(29,30)20-11-10-18-6-5-7-19(18)16-20/h3-4,8-11,16-17H,5-7,12-15H2,1-2H3. The predicted molar refractivity (Wildman–Crippen MR) is 127 cm³/mol. The summed E-state index contributed by atoms with van der Waals surface area (Å²) in [4.78, 5) is 27.7. The minimum absolute atomic E-state index is 0.162. The summed E-state index contributed by atoms with van der Waals surface area (Å²) < 4.78 is 32.6. The van der Waals surface area contributed by atoms with Crippen molar-refractivity contribution in [2.45, 2.75) is 41.2 Å². The van der Waals surface area contributed by atoms with Gasteiger partial charge in [-0.25, -0.2) is 8.42 Å². The number of carbonyl (C=O) groups is 2. The molecule has 1 aliphatic heterocycles. The average Bonchev–Trinajstić information content (AvgIpc) is 3.31. The number of piperazine rings is 1. The topological polar surface area (TPSA) is 84.0 Å². The van der Waals surface area contributed by atoms with Crippen molar-refractivity contribution in [2.24, 2.45) is 0 Å². The van der Waals surface area contributed by atoms with Crippen LogP contribution in [0.1, 0.15) is 34.8 Å². The van der Waals surface area contributed by atoms with Gasteiger partial charge in [0.25, 0.3) is 5.91 Å². The van der Waals surface area contributed by atoms with Crippen LogP contribution in [0.15, 0.2) is 52.3 Å². The van der Waals surface area contributed by atoms with Crippen LogP contribution in [0.4, 0.5) is 0 Å². The molecule has 1 saturated heterocycles. The number of hydrogen-bond donors (Lipinski definition) is 0. The van der Waals surface area contributed by atoms with Gasteiger partial charge in [0.05, 0.1) is 17.6 Å². The second kappa shape index (κ2) is 9.87. The van der Waals surface area contributed by atoms with Crippen LogP contribution in [0.2, 0.25) is 0 Å². The van der Waals surface area contributed by atoms with Crippen molar-refractivity contribution in [3.05, 3.63) is 59.2 Å². The molecule has 1 amide bonds. The normalized spacial score (nSPS) is 17.5. The van der Waals surface area contributed by atoms with E-state index in [0.29, 0.717) is 28.4 Å². The molecule has 4 rings (SSSR count). The molecule has 0 spiro atoms. The van der Waals surface area contributed by atoms with E-state index in [1.54, 1.807) is 30.0 Å². The predicted octanol–water partition coefficient (Wildman–Crippen LogP) is 2.98. The van der Waals surface area contributed by atoms with E-state index < -0.39 is 15.3 Å². The summed E-state index contributed by atoms with van der Waals surface area (Å²) in [5, 5.41) is -0.446. The molecule has 176 valence electrons. The van der Waals surface area contributed by atoms with Crippen LogP contribution >= 0.6 is 11.8 Å². The maximum absolute atomic E-state index is 13.2. The first kappa shape index (κ1) is 23.8. The molecule has 0 bridgehead atoms. The molecule has 1 atom stereocenters. The minimum Gasteiger partial charge on any atom is -0.468 e. The fourth-order valence-electron chi connectivity index (χ4n) is 4.31. The Labute approximate surface area is 199 Å². The molecule has 9 heteroatoms. The Balaban J connectivity index is 1.44. The zero-order valence-electron chi connectivity index (χ0n) is 18.8. The molecule has 0 aromatic heterocycles. The molecule has 1 aliphatic carbocycles. The summed E-state index contributed by atoms with van der Waals surface area (Å²) in [7, 11) is -2.25. The number of methoxy groups -OCH3 is 1. The molecule has 0 N–H and O–H groups in total. The fourth-order valence-corrected chi connectivity index (χ4v) is 6.80. The van der Waals surface area contributed by atoms with Crippen molar-refractivity contribution < 1.29 is 22.7 Å². The molecular formula is C24H28N2O5S2. The van der Waals surface area contributed by atoms with Gasteiger partial charge in [0.2, 0.25) is 10.0 Å². The van der Waals surface area contributed by atoms with Gasteiger partial charge in [-0.05, 0) is 61.6 Å². The number of sulfonamides is 1. The van der Waals surface area contributed by atoms with E-state index in [9.17, 15) is 18.0 Å². The Bertz CT molecular complexity index is 1160. The van der Waals surface area contributed by atoms with Gasteiger partial charge < -0.3 is 9.64 Å². The summed E-state index contributed by atoms with van der Waals surface area (Å²) in [5.41, 5.74) is 2.87. The molecular weight excluding hydrogens is 460 g/mol. The number of esters is 1. The van der Waals surface area contributed by atoms with Gasteiger partial charge in [-0.3, -0.25) is 9.59 Å². The van der Waals surface area contributed by atoms with Crippen molar-refractivity contribution in [3.63, 3.8) is 0 Å². The van der Waals surface area contributed by atoms with E-state index in [0.717, 1.165) is 24.8 Å². The molecule has 2 aliphatic rings. The van der Waals surface area contributed by atoms with E-state index in [1.807, 2.05) is 24.3 Å². The number of amides is 1. The summed E-state index contributed by atoms with van der Waals surface area (Å²) in [6.45, 7) is 2.86. The molecule has 0 saturated carbocycles. The third kappa shape index (κ3) is 4.95. The van der Waals surface area contributed by atoms with Gasteiger partial charge in [-0.2, -0.15) is 4.31 Å². The number of aryl methyl sites for hydroxylation is 2. The van der Waals surface area contributed by atoms with Crippen LogP contribution in [0, 0.1) is 0 Å². The van der Waals surface area contributed by atoms with E-state index in [-0.39, 0.29) is 25.0 Å². The lowest BCUT2D eigenvalue weighted by Gasteiger charge is -2.34. The highest BCUT2D eigenvalue weighted by Gasteiger charge is 2.32. The first-order valence-electron chi connectivity index (χ1n) is 11.1. The highest BCUT2D eigenvalue weighted by Crippen LogP contribution is 2.30. The maximum atomic E-state index is 13.2. The number of carbonyl (C=O) groups excluding carboxylic acids is 2.